The van der Waals surface area contributed by atoms with Crippen LogP contribution in [0.3, 0.4) is 0 Å². The van der Waals surface area contributed by atoms with E-state index in [1.807, 2.05) is 6.92 Å². The molecule has 84 valence electrons. The van der Waals surface area contributed by atoms with Crippen LogP contribution in [-0.2, 0) is 17.6 Å². The average molecular weight is 219 g/mol. The van der Waals surface area contributed by atoms with Gasteiger partial charge in [-0.25, -0.2) is 0 Å². The van der Waals surface area contributed by atoms with E-state index in [0.717, 1.165) is 5.56 Å². The van der Waals surface area contributed by atoms with Gasteiger partial charge in [-0.3, -0.25) is 4.79 Å². The molecule has 1 aromatic rings. The maximum Gasteiger partial charge on any atom is 0.307 e. The Bertz CT molecular complexity index is 446. The van der Waals surface area contributed by atoms with E-state index in [9.17, 15) is 4.79 Å². The lowest BCUT2D eigenvalue weighted by Gasteiger charge is -2.12. The summed E-state index contributed by atoms with van der Waals surface area (Å²) in [6.45, 7) is 1.89. The largest absolute Gasteiger partial charge is 0.496 e. The SMILES string of the molecule is CCc1c(C#N)ccc(OC)c1CC(=O)O. The fraction of sp³-hybridized carbons (Fsp3) is 0.333. The van der Waals surface area contributed by atoms with Crippen molar-refractivity contribution >= 4 is 5.97 Å². The molecule has 0 aliphatic carbocycles. The average Bonchev–Trinajstić information content (AvgIpc) is 2.27. The zero-order valence-corrected chi connectivity index (χ0v) is 9.28. The lowest BCUT2D eigenvalue weighted by Crippen LogP contribution is -2.07. The first-order chi connectivity index (χ1) is 7.63. The Balaban J connectivity index is 3.37. The highest BCUT2D eigenvalue weighted by molar-refractivity contribution is 5.73. The van der Waals surface area contributed by atoms with E-state index < -0.39 is 5.97 Å². The second-order valence-corrected chi connectivity index (χ2v) is 3.31. The third-order valence-electron chi connectivity index (χ3n) is 2.41. The van der Waals surface area contributed by atoms with E-state index in [1.54, 1.807) is 12.1 Å². The predicted molar refractivity (Wildman–Crippen MR) is 58.4 cm³/mol. The van der Waals surface area contributed by atoms with Crippen molar-refractivity contribution in [3.63, 3.8) is 0 Å². The molecule has 1 N–H and O–H groups in total. The number of hydrogen-bond acceptors (Lipinski definition) is 3. The number of carboxylic acids is 1. The Morgan fingerprint density at radius 1 is 1.50 bits per heavy atom. The van der Waals surface area contributed by atoms with Gasteiger partial charge in [0.15, 0.2) is 0 Å². The highest BCUT2D eigenvalue weighted by atomic mass is 16.5. The second-order valence-electron chi connectivity index (χ2n) is 3.31. The Kier molecular flexibility index (Phi) is 3.90. The van der Waals surface area contributed by atoms with Crippen LogP contribution < -0.4 is 4.74 Å². The molecule has 0 heterocycles. The molecule has 0 saturated carbocycles. The van der Waals surface area contributed by atoms with Crippen molar-refractivity contribution in [2.75, 3.05) is 7.11 Å². The van der Waals surface area contributed by atoms with Crippen LogP contribution >= 0.6 is 0 Å². The summed E-state index contributed by atoms with van der Waals surface area (Å²) in [5.41, 5.74) is 1.86. The third kappa shape index (κ3) is 2.31. The normalized spacial score (nSPS) is 9.56. The van der Waals surface area contributed by atoms with Crippen LogP contribution in [-0.4, -0.2) is 18.2 Å². The lowest BCUT2D eigenvalue weighted by molar-refractivity contribution is -0.136. The molecule has 0 aliphatic heterocycles. The summed E-state index contributed by atoms with van der Waals surface area (Å²) in [7, 11) is 1.49. The van der Waals surface area contributed by atoms with E-state index in [2.05, 4.69) is 6.07 Å². The molecule has 0 spiro atoms. The van der Waals surface area contributed by atoms with Gasteiger partial charge in [0.25, 0.3) is 0 Å². The Morgan fingerprint density at radius 3 is 2.62 bits per heavy atom. The maximum atomic E-state index is 10.8. The molecule has 0 bridgehead atoms. The molecular weight excluding hydrogens is 206 g/mol. The summed E-state index contributed by atoms with van der Waals surface area (Å²) in [5.74, 6) is -0.402. The number of nitriles is 1. The molecule has 4 nitrogen and oxygen atoms in total. The molecule has 0 saturated heterocycles. The van der Waals surface area contributed by atoms with E-state index in [-0.39, 0.29) is 6.42 Å². The van der Waals surface area contributed by atoms with E-state index in [4.69, 9.17) is 15.1 Å². The van der Waals surface area contributed by atoms with Crippen LogP contribution in [0.2, 0.25) is 0 Å². The van der Waals surface area contributed by atoms with Crippen molar-refractivity contribution in [2.24, 2.45) is 0 Å². The highest BCUT2D eigenvalue weighted by Gasteiger charge is 2.15. The summed E-state index contributed by atoms with van der Waals surface area (Å²) in [4.78, 5) is 10.8. The molecule has 0 aliphatic rings. The molecule has 1 rings (SSSR count). The molecule has 1 aromatic carbocycles. The van der Waals surface area contributed by atoms with Crippen molar-refractivity contribution in [2.45, 2.75) is 19.8 Å². The topological polar surface area (TPSA) is 70.3 Å². The minimum atomic E-state index is -0.928. The van der Waals surface area contributed by atoms with Crippen LogP contribution in [0, 0.1) is 11.3 Å². The van der Waals surface area contributed by atoms with Crippen LogP contribution in [0.1, 0.15) is 23.6 Å². The van der Waals surface area contributed by atoms with Crippen molar-refractivity contribution < 1.29 is 14.6 Å². The van der Waals surface area contributed by atoms with Crippen molar-refractivity contribution in [3.05, 3.63) is 28.8 Å². The summed E-state index contributed by atoms with van der Waals surface area (Å²) in [6, 6.07) is 5.35. The molecule has 0 unspecified atom stereocenters. The highest BCUT2D eigenvalue weighted by Crippen LogP contribution is 2.26. The van der Waals surface area contributed by atoms with Gasteiger partial charge in [-0.2, -0.15) is 5.26 Å². The molecule has 0 radical (unpaired) electrons. The van der Waals surface area contributed by atoms with Gasteiger partial charge in [0, 0.05) is 5.56 Å². The summed E-state index contributed by atoms with van der Waals surface area (Å²) < 4.78 is 5.12. The van der Waals surface area contributed by atoms with Crippen LogP contribution in [0.5, 0.6) is 5.75 Å². The molecule has 0 atom stereocenters. The smallest absolute Gasteiger partial charge is 0.307 e. The van der Waals surface area contributed by atoms with Crippen molar-refractivity contribution in [3.8, 4) is 11.8 Å². The number of hydrogen-bond donors (Lipinski definition) is 1. The minimum Gasteiger partial charge on any atom is -0.496 e. The number of benzene rings is 1. The fourth-order valence-corrected chi connectivity index (χ4v) is 1.72. The number of aliphatic carboxylic acids is 1. The van der Waals surface area contributed by atoms with E-state index in [1.165, 1.54) is 7.11 Å². The van der Waals surface area contributed by atoms with Gasteiger partial charge in [-0.15, -0.1) is 0 Å². The van der Waals surface area contributed by atoms with Gasteiger partial charge in [-0.1, -0.05) is 6.92 Å². The number of carbonyl (C=O) groups is 1. The maximum absolute atomic E-state index is 10.8. The molecule has 16 heavy (non-hydrogen) atoms. The standard InChI is InChI=1S/C12H13NO3/c1-3-9-8(7-13)4-5-11(16-2)10(9)6-12(14)15/h4-5H,3,6H2,1-2H3,(H,14,15). The molecule has 4 heteroatoms. The van der Waals surface area contributed by atoms with Crippen molar-refractivity contribution in [1.29, 1.82) is 5.26 Å². The Labute approximate surface area is 94.1 Å². The zero-order valence-electron chi connectivity index (χ0n) is 9.28. The van der Waals surface area contributed by atoms with Gasteiger partial charge in [-0.05, 0) is 24.1 Å². The van der Waals surface area contributed by atoms with E-state index in [0.29, 0.717) is 23.3 Å². The van der Waals surface area contributed by atoms with Gasteiger partial charge in [0.05, 0.1) is 25.2 Å². The monoisotopic (exact) mass is 219 g/mol. The van der Waals surface area contributed by atoms with Crippen molar-refractivity contribution in [1.82, 2.24) is 0 Å². The number of rotatable bonds is 4. The minimum absolute atomic E-state index is 0.123. The molecule has 0 fully saturated rings. The fourth-order valence-electron chi connectivity index (χ4n) is 1.72. The third-order valence-corrected chi connectivity index (χ3v) is 2.41. The zero-order chi connectivity index (χ0) is 12.1. The summed E-state index contributed by atoms with van der Waals surface area (Å²) in [5, 5.41) is 17.8. The van der Waals surface area contributed by atoms with Gasteiger partial charge in [0.1, 0.15) is 5.75 Å². The summed E-state index contributed by atoms with van der Waals surface area (Å²) >= 11 is 0. The van der Waals surface area contributed by atoms with Gasteiger partial charge >= 0.3 is 5.97 Å². The van der Waals surface area contributed by atoms with Gasteiger partial charge in [0.2, 0.25) is 0 Å². The number of nitrogens with zero attached hydrogens (tertiary/aromatic N) is 1. The molecule has 0 amide bonds. The Hall–Kier alpha value is -2.02. The number of methoxy groups -OCH3 is 1. The first-order valence-electron chi connectivity index (χ1n) is 4.94. The number of ether oxygens (including phenoxy) is 1. The first kappa shape index (κ1) is 12.1. The number of carboxylic acid groups (broad SMARTS) is 1. The second kappa shape index (κ2) is 5.17. The Morgan fingerprint density at radius 2 is 2.19 bits per heavy atom. The van der Waals surface area contributed by atoms with Crippen LogP contribution in [0.15, 0.2) is 12.1 Å². The van der Waals surface area contributed by atoms with Gasteiger partial charge < -0.3 is 9.84 Å². The summed E-state index contributed by atoms with van der Waals surface area (Å²) in [6.07, 6.45) is 0.491. The van der Waals surface area contributed by atoms with Crippen LogP contribution in [0.25, 0.3) is 0 Å². The predicted octanol–water partition coefficient (Wildman–Crippen LogP) is 1.76. The van der Waals surface area contributed by atoms with Crippen LogP contribution in [0.4, 0.5) is 0 Å². The first-order valence-corrected chi connectivity index (χ1v) is 4.94. The molecular formula is C12H13NO3. The molecule has 0 aromatic heterocycles. The quantitative estimate of drug-likeness (QED) is 0.837. The van der Waals surface area contributed by atoms with E-state index >= 15 is 0 Å². The lowest BCUT2D eigenvalue weighted by atomic mass is 9.96.